The van der Waals surface area contributed by atoms with Gasteiger partial charge in [0.25, 0.3) is 0 Å². The van der Waals surface area contributed by atoms with Crippen molar-refractivity contribution in [2.24, 2.45) is 0 Å². The Bertz CT molecular complexity index is 370. The van der Waals surface area contributed by atoms with Crippen molar-refractivity contribution in [3.8, 4) is 0 Å². The van der Waals surface area contributed by atoms with Gasteiger partial charge in [0.15, 0.2) is 0 Å². The van der Waals surface area contributed by atoms with Gasteiger partial charge in [0.2, 0.25) is 0 Å². The summed E-state index contributed by atoms with van der Waals surface area (Å²) in [5.41, 5.74) is 0.810. The molecule has 0 radical (unpaired) electrons. The van der Waals surface area contributed by atoms with Crippen LogP contribution in [-0.4, -0.2) is 16.1 Å². The van der Waals surface area contributed by atoms with Crippen LogP contribution in [-0.2, 0) is 10.2 Å². The summed E-state index contributed by atoms with van der Waals surface area (Å²) in [6.07, 6.45) is 0.501. The Kier molecular flexibility index (Phi) is 4.33. The number of carbonyl (C=O) groups is 1. The summed E-state index contributed by atoms with van der Waals surface area (Å²) in [4.78, 5) is 14.9. The summed E-state index contributed by atoms with van der Waals surface area (Å²) in [7, 11) is 0. The van der Waals surface area contributed by atoms with E-state index < -0.39 is 5.97 Å². The molecule has 1 aromatic rings. The van der Waals surface area contributed by atoms with Gasteiger partial charge in [-0.05, 0) is 6.42 Å². The van der Waals surface area contributed by atoms with Gasteiger partial charge in [0.05, 0.1) is 16.1 Å². The molecule has 0 bridgehead atoms. The van der Waals surface area contributed by atoms with Crippen molar-refractivity contribution in [1.29, 1.82) is 0 Å². The second-order valence-electron chi connectivity index (χ2n) is 4.73. The lowest BCUT2D eigenvalue weighted by atomic mass is 9.98. The molecule has 1 aromatic heterocycles. The minimum atomic E-state index is -0.822. The summed E-state index contributed by atoms with van der Waals surface area (Å²) in [5.74, 6) is -0.822. The smallest absolute Gasteiger partial charge is 0.303 e. The molecule has 0 spiro atoms. The molecule has 1 rings (SSSR count). The predicted molar refractivity (Wildman–Crippen MR) is 66.3 cm³/mol. The third-order valence-corrected chi connectivity index (χ3v) is 3.82. The molecule has 3 nitrogen and oxygen atoms in total. The molecule has 0 aliphatic rings. The van der Waals surface area contributed by atoms with E-state index in [1.807, 2.05) is 5.38 Å². The molecule has 0 amide bonds. The fraction of sp³-hybridized carbons (Fsp3) is 0.636. The van der Waals surface area contributed by atoms with Gasteiger partial charge < -0.3 is 5.11 Å². The monoisotopic (exact) mass is 261 g/mol. The minimum Gasteiger partial charge on any atom is -0.481 e. The van der Waals surface area contributed by atoms with Gasteiger partial charge in [-0.1, -0.05) is 20.8 Å². The maximum atomic E-state index is 10.4. The van der Waals surface area contributed by atoms with Crippen molar-refractivity contribution < 1.29 is 9.90 Å². The van der Waals surface area contributed by atoms with Gasteiger partial charge >= 0.3 is 5.97 Å². The van der Waals surface area contributed by atoms with E-state index in [1.54, 1.807) is 11.3 Å². The highest BCUT2D eigenvalue weighted by Crippen LogP contribution is 2.31. The van der Waals surface area contributed by atoms with Crippen LogP contribution in [0.15, 0.2) is 5.38 Å². The Labute approximate surface area is 104 Å². The highest BCUT2D eigenvalue weighted by molar-refractivity contribution is 7.09. The molecule has 1 heterocycles. The molecule has 0 fully saturated rings. The minimum absolute atomic E-state index is 0.0202. The molecule has 0 aliphatic carbocycles. The van der Waals surface area contributed by atoms with Crippen molar-refractivity contribution in [1.82, 2.24) is 4.98 Å². The number of aliphatic carboxylic acids is 1. The summed E-state index contributed by atoms with van der Waals surface area (Å²) in [6.45, 7) is 6.28. The first kappa shape index (κ1) is 13.5. The van der Waals surface area contributed by atoms with E-state index in [0.717, 1.165) is 10.7 Å². The van der Waals surface area contributed by atoms with Crippen molar-refractivity contribution in [2.45, 2.75) is 44.4 Å². The molecule has 16 heavy (non-hydrogen) atoms. The lowest BCUT2D eigenvalue weighted by molar-refractivity contribution is -0.137. The van der Waals surface area contributed by atoms with Gasteiger partial charge in [0, 0.05) is 17.2 Å². The van der Waals surface area contributed by atoms with Crippen molar-refractivity contribution in [3.63, 3.8) is 0 Å². The summed E-state index contributed by atoms with van der Waals surface area (Å²) in [5, 5.41) is 11.2. The Hall–Kier alpha value is -0.610. The maximum Gasteiger partial charge on any atom is 0.303 e. The highest BCUT2D eigenvalue weighted by Gasteiger charge is 2.20. The van der Waals surface area contributed by atoms with Crippen LogP contribution in [0.1, 0.15) is 49.7 Å². The molecule has 0 aliphatic heterocycles. The van der Waals surface area contributed by atoms with Crippen LogP contribution in [0.25, 0.3) is 0 Å². The average Bonchev–Trinajstić information content (AvgIpc) is 2.61. The van der Waals surface area contributed by atoms with E-state index in [1.165, 1.54) is 0 Å². The van der Waals surface area contributed by atoms with E-state index in [4.69, 9.17) is 16.7 Å². The number of alkyl halides is 1. The number of hydrogen-bond donors (Lipinski definition) is 1. The van der Waals surface area contributed by atoms with Crippen LogP contribution < -0.4 is 0 Å². The lowest BCUT2D eigenvalue weighted by Gasteiger charge is -2.13. The Balaban J connectivity index is 2.67. The first-order chi connectivity index (χ1) is 7.30. The quantitative estimate of drug-likeness (QED) is 0.843. The number of rotatable bonds is 4. The summed E-state index contributed by atoms with van der Waals surface area (Å²) < 4.78 is 0. The summed E-state index contributed by atoms with van der Waals surface area (Å²) in [6, 6.07) is 0. The van der Waals surface area contributed by atoms with Crippen LogP contribution in [0, 0.1) is 0 Å². The maximum absolute atomic E-state index is 10.4. The molecule has 90 valence electrons. The van der Waals surface area contributed by atoms with Gasteiger partial charge in [-0.3, -0.25) is 4.79 Å². The molecular formula is C11H16ClNO2S. The van der Waals surface area contributed by atoms with E-state index in [-0.39, 0.29) is 17.2 Å². The molecule has 0 aromatic carbocycles. The number of aromatic nitrogens is 1. The van der Waals surface area contributed by atoms with E-state index in [9.17, 15) is 4.79 Å². The van der Waals surface area contributed by atoms with Crippen molar-refractivity contribution in [3.05, 3.63) is 16.1 Å². The SMILES string of the molecule is CC(C)(C)c1nc(C(Cl)CCC(=O)O)cs1. The predicted octanol–water partition coefficient (Wildman–Crippen LogP) is 3.59. The second-order valence-corrected chi connectivity index (χ2v) is 6.11. The number of hydrogen-bond acceptors (Lipinski definition) is 3. The number of carboxylic acids is 1. The normalized spacial score (nSPS) is 13.8. The van der Waals surface area contributed by atoms with E-state index in [0.29, 0.717) is 6.42 Å². The fourth-order valence-corrected chi connectivity index (χ4v) is 2.43. The zero-order chi connectivity index (χ0) is 12.3. The molecule has 0 saturated heterocycles. The molecule has 0 saturated carbocycles. The van der Waals surface area contributed by atoms with Crippen LogP contribution in [0.4, 0.5) is 0 Å². The van der Waals surface area contributed by atoms with Crippen LogP contribution >= 0.6 is 22.9 Å². The Morgan fingerprint density at radius 3 is 2.69 bits per heavy atom. The molecule has 5 heteroatoms. The molecule has 1 N–H and O–H groups in total. The van der Waals surface area contributed by atoms with Crippen molar-refractivity contribution >= 4 is 28.9 Å². The van der Waals surface area contributed by atoms with Crippen molar-refractivity contribution in [2.75, 3.05) is 0 Å². The first-order valence-electron chi connectivity index (χ1n) is 5.12. The fourth-order valence-electron chi connectivity index (χ4n) is 1.17. The highest BCUT2D eigenvalue weighted by atomic mass is 35.5. The Morgan fingerprint density at radius 2 is 2.25 bits per heavy atom. The first-order valence-corrected chi connectivity index (χ1v) is 6.44. The Morgan fingerprint density at radius 1 is 1.62 bits per heavy atom. The topological polar surface area (TPSA) is 50.2 Å². The zero-order valence-corrected chi connectivity index (χ0v) is 11.2. The average molecular weight is 262 g/mol. The second kappa shape index (κ2) is 5.15. The van der Waals surface area contributed by atoms with Crippen LogP contribution in [0.3, 0.4) is 0 Å². The zero-order valence-electron chi connectivity index (χ0n) is 9.66. The number of nitrogens with zero attached hydrogens (tertiary/aromatic N) is 1. The third kappa shape index (κ3) is 3.76. The van der Waals surface area contributed by atoms with Gasteiger partial charge in [-0.15, -0.1) is 22.9 Å². The van der Waals surface area contributed by atoms with Crippen LogP contribution in [0.5, 0.6) is 0 Å². The molecule has 1 unspecified atom stereocenters. The summed E-state index contributed by atoms with van der Waals surface area (Å²) >= 11 is 7.67. The largest absolute Gasteiger partial charge is 0.481 e. The van der Waals surface area contributed by atoms with Gasteiger partial charge in [0.1, 0.15) is 0 Å². The molecule has 1 atom stereocenters. The number of thiazole rings is 1. The number of carboxylic acid groups (broad SMARTS) is 1. The molecular weight excluding hydrogens is 246 g/mol. The van der Waals surface area contributed by atoms with Gasteiger partial charge in [-0.25, -0.2) is 4.98 Å². The van der Waals surface area contributed by atoms with E-state index in [2.05, 4.69) is 25.8 Å². The van der Waals surface area contributed by atoms with E-state index >= 15 is 0 Å². The lowest BCUT2D eigenvalue weighted by Crippen LogP contribution is -2.10. The number of halogens is 1. The van der Waals surface area contributed by atoms with Gasteiger partial charge in [-0.2, -0.15) is 0 Å². The van der Waals surface area contributed by atoms with Crippen LogP contribution in [0.2, 0.25) is 0 Å². The standard InChI is InChI=1S/C11H16ClNO2S/c1-11(2,3)10-13-8(6-16-10)7(12)4-5-9(14)15/h6-7H,4-5H2,1-3H3,(H,14,15). The third-order valence-electron chi connectivity index (χ3n) is 2.10.